The molecule has 6 aromatic carbocycles. The summed E-state index contributed by atoms with van der Waals surface area (Å²) in [4.78, 5) is 19.2. The highest BCUT2D eigenvalue weighted by Gasteiger charge is 2.51. The van der Waals surface area contributed by atoms with Gasteiger partial charge in [-0.1, -0.05) is 169 Å². The molecule has 1 spiro atoms. The van der Waals surface area contributed by atoms with E-state index in [1.54, 1.807) is 7.05 Å². The monoisotopic (exact) mass is 752 g/mol. The predicted octanol–water partition coefficient (Wildman–Crippen LogP) is 12.9. The largest absolute Gasteiger partial charge is 0.270 e. The Hall–Kier alpha value is -6.52. The molecule has 2 aliphatic carbocycles. The molecular weight excluding hydrogens is 705 g/mol. The second kappa shape index (κ2) is 13.8. The first-order valence-electron chi connectivity index (χ1n) is 20.1. The Bertz CT molecular complexity index is 2740. The minimum Gasteiger partial charge on any atom is -0.270 e. The molecule has 58 heavy (non-hydrogen) atoms. The lowest BCUT2D eigenvalue weighted by atomic mass is 9.70. The summed E-state index contributed by atoms with van der Waals surface area (Å²) in [6.45, 7) is 17.9. The molecule has 1 aromatic heterocycles. The Balaban J connectivity index is 1.12. The third-order valence-electron chi connectivity index (χ3n) is 12.0. The van der Waals surface area contributed by atoms with Gasteiger partial charge in [-0.2, -0.15) is 0 Å². The van der Waals surface area contributed by atoms with Crippen LogP contribution >= 0.6 is 0 Å². The number of aromatic nitrogens is 2. The molecule has 0 N–H and O–H groups in total. The third-order valence-corrected chi connectivity index (χ3v) is 12.0. The van der Waals surface area contributed by atoms with E-state index >= 15 is 0 Å². The minimum absolute atomic E-state index is 0.0753. The summed E-state index contributed by atoms with van der Waals surface area (Å²) in [5.41, 5.74) is 18.2. The van der Waals surface area contributed by atoms with Gasteiger partial charge in [0.05, 0.1) is 5.41 Å². The van der Waals surface area contributed by atoms with Crippen molar-refractivity contribution in [3.8, 4) is 44.8 Å². The number of hydrogen-bond donors (Lipinski definition) is 0. The lowest BCUT2D eigenvalue weighted by molar-refractivity contribution is 0.590. The number of hydrogen-bond acceptors (Lipinski definition) is 3. The van der Waals surface area contributed by atoms with E-state index in [1.165, 1.54) is 55.6 Å². The number of nitrogens with zero attached hydrogens (tertiary/aromatic N) is 4. The SMILES string of the molecule is C=C(/C=N\C(=N/C)c1ccc(C(C)(C)C)cc1)c1ccc2c(c1)C1(c3ccccc3-c3ccccc31)c1cc(-c3cnc(-c4ccc(C(C)(C)C)cc4)nc3)ccc1-2. The number of benzene rings is 6. The van der Waals surface area contributed by atoms with E-state index in [-0.39, 0.29) is 10.8 Å². The number of amidine groups is 1. The van der Waals surface area contributed by atoms with E-state index in [2.05, 4.69) is 187 Å². The third kappa shape index (κ3) is 6.06. The van der Waals surface area contributed by atoms with Crippen molar-refractivity contribution in [1.82, 2.24) is 9.97 Å². The molecule has 0 unspecified atom stereocenters. The van der Waals surface area contributed by atoms with Crippen LogP contribution in [-0.2, 0) is 16.2 Å². The summed E-state index contributed by atoms with van der Waals surface area (Å²) < 4.78 is 0. The number of aliphatic imine (C=N–C) groups is 2. The van der Waals surface area contributed by atoms with Crippen LogP contribution in [0.5, 0.6) is 0 Å². The Kier molecular flexibility index (Phi) is 8.85. The van der Waals surface area contributed by atoms with Gasteiger partial charge >= 0.3 is 0 Å². The van der Waals surface area contributed by atoms with Crippen LogP contribution in [0.4, 0.5) is 0 Å². The molecule has 284 valence electrons. The van der Waals surface area contributed by atoms with E-state index in [0.29, 0.717) is 5.84 Å². The maximum Gasteiger partial charge on any atom is 0.159 e. The summed E-state index contributed by atoms with van der Waals surface area (Å²) in [7, 11) is 1.79. The zero-order valence-electron chi connectivity index (χ0n) is 34.4. The van der Waals surface area contributed by atoms with Crippen molar-refractivity contribution in [2.45, 2.75) is 57.8 Å². The van der Waals surface area contributed by atoms with Crippen molar-refractivity contribution in [1.29, 1.82) is 0 Å². The minimum atomic E-state index is -0.526. The van der Waals surface area contributed by atoms with Crippen LogP contribution in [0.1, 0.15) is 86.1 Å². The summed E-state index contributed by atoms with van der Waals surface area (Å²) in [5, 5.41) is 0. The van der Waals surface area contributed by atoms with Crippen molar-refractivity contribution >= 4 is 17.6 Å². The number of rotatable bonds is 5. The van der Waals surface area contributed by atoms with Gasteiger partial charge in [-0.3, -0.25) is 4.99 Å². The predicted molar refractivity (Wildman–Crippen MR) is 243 cm³/mol. The highest BCUT2D eigenvalue weighted by Crippen LogP contribution is 2.63. The van der Waals surface area contributed by atoms with E-state index in [4.69, 9.17) is 15.0 Å². The molecule has 0 saturated heterocycles. The number of fused-ring (bicyclic) bond motifs is 10. The molecule has 4 nitrogen and oxygen atoms in total. The van der Waals surface area contributed by atoms with Crippen LogP contribution in [0, 0.1) is 0 Å². The van der Waals surface area contributed by atoms with Crippen LogP contribution in [0.15, 0.2) is 162 Å². The average Bonchev–Trinajstić information content (AvgIpc) is 3.70. The average molecular weight is 753 g/mol. The summed E-state index contributed by atoms with van der Waals surface area (Å²) in [6, 6.07) is 48.6. The molecule has 0 bridgehead atoms. The first-order chi connectivity index (χ1) is 27.9. The molecule has 2 aliphatic rings. The van der Waals surface area contributed by atoms with Crippen molar-refractivity contribution in [2.75, 3.05) is 7.05 Å². The normalized spacial score (nSPS) is 14.0. The molecule has 0 radical (unpaired) electrons. The Morgan fingerprint density at radius 3 is 1.59 bits per heavy atom. The molecular formula is C54H48N4. The van der Waals surface area contributed by atoms with Gasteiger partial charge in [0.25, 0.3) is 0 Å². The highest BCUT2D eigenvalue weighted by atomic mass is 14.9. The van der Waals surface area contributed by atoms with Crippen molar-refractivity contribution in [2.24, 2.45) is 9.98 Å². The maximum atomic E-state index is 4.87. The van der Waals surface area contributed by atoms with E-state index < -0.39 is 5.41 Å². The molecule has 1 heterocycles. The smallest absolute Gasteiger partial charge is 0.159 e. The highest BCUT2D eigenvalue weighted by molar-refractivity contribution is 6.15. The Morgan fingerprint density at radius 2 is 1.02 bits per heavy atom. The molecule has 9 rings (SSSR count). The van der Waals surface area contributed by atoms with Crippen LogP contribution < -0.4 is 0 Å². The zero-order valence-corrected chi connectivity index (χ0v) is 34.4. The van der Waals surface area contributed by atoms with Crippen LogP contribution in [0.3, 0.4) is 0 Å². The standard InChI is InChI=1S/C54H48N4/c1-34(31-56-50(55-8)35-17-23-40(24-18-35)52(2,3)4)37-21-27-44-45-28-22-38(39-32-57-51(58-33-39)36-19-25-41(26-20-36)53(5,6)7)30-49(45)54(48(44)29-37)46-15-11-9-13-42(46)43-14-10-12-16-47(43)54/h9-33H,1H2,2-8H3/b55-50-,56-31-. The van der Waals surface area contributed by atoms with Crippen LogP contribution in [0.2, 0.25) is 0 Å². The van der Waals surface area contributed by atoms with Gasteiger partial charge in [0, 0.05) is 42.3 Å². The number of allylic oxidation sites excluding steroid dienone is 1. The van der Waals surface area contributed by atoms with Gasteiger partial charge in [0.2, 0.25) is 0 Å². The summed E-state index contributed by atoms with van der Waals surface area (Å²) in [5.74, 6) is 1.40. The summed E-state index contributed by atoms with van der Waals surface area (Å²) >= 11 is 0. The molecule has 0 atom stereocenters. The molecule has 0 aliphatic heterocycles. The summed E-state index contributed by atoms with van der Waals surface area (Å²) in [6.07, 6.45) is 5.77. The molecule has 4 heteroatoms. The lowest BCUT2D eigenvalue weighted by Crippen LogP contribution is -2.26. The van der Waals surface area contributed by atoms with Gasteiger partial charge in [0.1, 0.15) is 0 Å². The maximum absolute atomic E-state index is 4.87. The lowest BCUT2D eigenvalue weighted by Gasteiger charge is -2.31. The van der Waals surface area contributed by atoms with Gasteiger partial charge in [-0.15, -0.1) is 0 Å². The van der Waals surface area contributed by atoms with E-state index in [0.717, 1.165) is 39.2 Å². The van der Waals surface area contributed by atoms with Crippen LogP contribution in [-0.4, -0.2) is 29.1 Å². The zero-order chi connectivity index (χ0) is 40.4. The molecule has 0 fully saturated rings. The van der Waals surface area contributed by atoms with Crippen molar-refractivity contribution < 1.29 is 0 Å². The fraction of sp³-hybridized carbons (Fsp3) is 0.185. The van der Waals surface area contributed by atoms with E-state index in [1.807, 2.05) is 18.6 Å². The fourth-order valence-corrected chi connectivity index (χ4v) is 8.86. The fourth-order valence-electron chi connectivity index (χ4n) is 8.86. The van der Waals surface area contributed by atoms with Crippen molar-refractivity contribution in [3.63, 3.8) is 0 Å². The molecule has 0 saturated carbocycles. The van der Waals surface area contributed by atoms with Gasteiger partial charge < -0.3 is 0 Å². The van der Waals surface area contributed by atoms with Gasteiger partial charge in [-0.25, -0.2) is 15.0 Å². The topological polar surface area (TPSA) is 50.5 Å². The Morgan fingerprint density at radius 1 is 0.534 bits per heavy atom. The second-order valence-electron chi connectivity index (χ2n) is 17.6. The quantitative estimate of drug-likeness (QED) is 0.130. The Labute approximate surface area is 342 Å². The van der Waals surface area contributed by atoms with Gasteiger partial charge in [-0.05, 0) is 95.3 Å². The second-order valence-corrected chi connectivity index (χ2v) is 17.6. The molecule has 7 aromatic rings. The molecule has 0 amide bonds. The van der Waals surface area contributed by atoms with Gasteiger partial charge in [0.15, 0.2) is 11.7 Å². The van der Waals surface area contributed by atoms with Crippen LogP contribution in [0.25, 0.3) is 50.3 Å². The first-order valence-corrected chi connectivity index (χ1v) is 20.1. The first kappa shape index (κ1) is 37.1. The van der Waals surface area contributed by atoms with Crippen molar-refractivity contribution in [3.05, 3.63) is 197 Å². The van der Waals surface area contributed by atoms with E-state index in [9.17, 15) is 0 Å².